The quantitative estimate of drug-likeness (QED) is 0.809. The lowest BCUT2D eigenvalue weighted by molar-refractivity contribution is 0.117. The van der Waals surface area contributed by atoms with Gasteiger partial charge in [0, 0.05) is 24.5 Å². The molecule has 0 aromatic carbocycles. The molecule has 1 aromatic heterocycles. The van der Waals surface area contributed by atoms with E-state index in [-0.39, 0.29) is 12.0 Å². The lowest BCUT2D eigenvalue weighted by Gasteiger charge is -2.29. The van der Waals surface area contributed by atoms with E-state index in [1.54, 1.807) is 0 Å². The Balaban J connectivity index is 1.89. The highest BCUT2D eigenvalue weighted by molar-refractivity contribution is 4.94. The highest BCUT2D eigenvalue weighted by Gasteiger charge is 2.37. The molecule has 1 saturated carbocycles. The summed E-state index contributed by atoms with van der Waals surface area (Å²) in [6, 6.07) is 0.337. The number of rotatable bonds is 5. The highest BCUT2D eigenvalue weighted by Crippen LogP contribution is 2.37. The summed E-state index contributed by atoms with van der Waals surface area (Å²) in [6.45, 7) is 4.94. The van der Waals surface area contributed by atoms with Crippen molar-refractivity contribution in [2.45, 2.75) is 52.1 Å². The first-order valence-corrected chi connectivity index (χ1v) is 6.33. The molecule has 1 fully saturated rings. The van der Waals surface area contributed by atoms with Crippen molar-refractivity contribution in [2.24, 2.45) is 5.41 Å². The molecule has 0 bridgehead atoms. The summed E-state index contributed by atoms with van der Waals surface area (Å²) in [5, 5.41) is 20.8. The largest absolute Gasteiger partial charge is 0.424 e. The molecule has 0 spiro atoms. The van der Waals surface area contributed by atoms with Gasteiger partial charge in [-0.25, -0.2) is 0 Å². The fourth-order valence-electron chi connectivity index (χ4n) is 2.48. The second kappa shape index (κ2) is 5.14. The van der Waals surface area contributed by atoms with Gasteiger partial charge in [0.25, 0.3) is 0 Å². The van der Waals surface area contributed by atoms with E-state index in [0.29, 0.717) is 24.4 Å². The monoisotopic (exact) mass is 239 g/mol. The molecule has 1 heterocycles. The number of aromatic nitrogens is 2. The van der Waals surface area contributed by atoms with Crippen molar-refractivity contribution in [3.63, 3.8) is 0 Å². The fourth-order valence-corrected chi connectivity index (χ4v) is 2.48. The molecule has 0 unspecified atom stereocenters. The number of nitrogens with one attached hydrogen (secondary N) is 1. The van der Waals surface area contributed by atoms with Crippen molar-refractivity contribution in [3.8, 4) is 0 Å². The predicted molar refractivity (Wildman–Crippen MR) is 63.3 cm³/mol. The van der Waals surface area contributed by atoms with Crippen LogP contribution in [0.15, 0.2) is 4.42 Å². The standard InChI is InChI=1S/C12H21N3O2/c1-3-10-14-15-11(17-10)7-13-9-5-4-6-12(9,2)8-16/h9,13,16H,3-8H2,1-2H3/t9-,12-/m1/s1. The Bertz CT molecular complexity index is 366. The Morgan fingerprint density at radius 2 is 2.24 bits per heavy atom. The molecule has 0 radical (unpaired) electrons. The third-order valence-corrected chi connectivity index (χ3v) is 3.75. The lowest BCUT2D eigenvalue weighted by Crippen LogP contribution is -2.41. The first kappa shape index (κ1) is 12.5. The van der Waals surface area contributed by atoms with E-state index >= 15 is 0 Å². The topological polar surface area (TPSA) is 71.2 Å². The Morgan fingerprint density at radius 1 is 1.47 bits per heavy atom. The van der Waals surface area contributed by atoms with E-state index < -0.39 is 0 Å². The van der Waals surface area contributed by atoms with E-state index in [1.807, 2.05) is 6.92 Å². The summed E-state index contributed by atoms with van der Waals surface area (Å²) < 4.78 is 5.45. The summed E-state index contributed by atoms with van der Waals surface area (Å²) in [6.07, 6.45) is 4.11. The van der Waals surface area contributed by atoms with Gasteiger partial charge in [-0.2, -0.15) is 0 Å². The van der Waals surface area contributed by atoms with Crippen molar-refractivity contribution in [1.82, 2.24) is 15.5 Å². The van der Waals surface area contributed by atoms with E-state index in [9.17, 15) is 5.11 Å². The first-order chi connectivity index (χ1) is 8.18. The molecule has 17 heavy (non-hydrogen) atoms. The third kappa shape index (κ3) is 2.66. The van der Waals surface area contributed by atoms with Crippen LogP contribution in [0.1, 0.15) is 44.9 Å². The van der Waals surface area contributed by atoms with Crippen LogP contribution in [0.25, 0.3) is 0 Å². The van der Waals surface area contributed by atoms with Crippen LogP contribution < -0.4 is 5.32 Å². The maximum absolute atomic E-state index is 9.44. The van der Waals surface area contributed by atoms with Gasteiger partial charge in [0.05, 0.1) is 6.54 Å². The van der Waals surface area contributed by atoms with E-state index in [0.717, 1.165) is 19.3 Å². The Kier molecular flexibility index (Phi) is 3.79. The number of aryl methyl sites for hydroxylation is 1. The lowest BCUT2D eigenvalue weighted by atomic mass is 9.86. The molecule has 5 nitrogen and oxygen atoms in total. The zero-order chi connectivity index (χ0) is 12.3. The zero-order valence-electron chi connectivity index (χ0n) is 10.6. The van der Waals surface area contributed by atoms with Crippen molar-refractivity contribution < 1.29 is 9.52 Å². The number of aliphatic hydroxyl groups is 1. The molecule has 1 aromatic rings. The van der Waals surface area contributed by atoms with Crippen LogP contribution in [0.4, 0.5) is 0 Å². The van der Waals surface area contributed by atoms with Crippen molar-refractivity contribution >= 4 is 0 Å². The number of hydrogen-bond donors (Lipinski definition) is 2. The number of aliphatic hydroxyl groups excluding tert-OH is 1. The molecule has 0 saturated heterocycles. The molecule has 1 aliphatic carbocycles. The van der Waals surface area contributed by atoms with Gasteiger partial charge in [-0.3, -0.25) is 0 Å². The minimum absolute atomic E-state index is 0.00634. The summed E-state index contributed by atoms with van der Waals surface area (Å²) in [5.41, 5.74) is -0.00634. The third-order valence-electron chi connectivity index (χ3n) is 3.75. The summed E-state index contributed by atoms with van der Waals surface area (Å²) in [7, 11) is 0. The number of nitrogens with zero attached hydrogens (tertiary/aromatic N) is 2. The van der Waals surface area contributed by atoms with Gasteiger partial charge in [0.2, 0.25) is 11.8 Å². The van der Waals surface area contributed by atoms with Crippen LogP contribution in [0, 0.1) is 5.41 Å². The van der Waals surface area contributed by atoms with Crippen LogP contribution in [0.5, 0.6) is 0 Å². The molecule has 0 amide bonds. The Labute approximate surface area is 102 Å². The van der Waals surface area contributed by atoms with Crippen LogP contribution in [0.2, 0.25) is 0 Å². The minimum atomic E-state index is -0.00634. The van der Waals surface area contributed by atoms with Gasteiger partial charge >= 0.3 is 0 Å². The molecule has 2 rings (SSSR count). The van der Waals surface area contributed by atoms with Gasteiger partial charge in [-0.05, 0) is 12.8 Å². The first-order valence-electron chi connectivity index (χ1n) is 6.33. The smallest absolute Gasteiger partial charge is 0.230 e. The van der Waals surface area contributed by atoms with Crippen LogP contribution >= 0.6 is 0 Å². The molecule has 5 heteroatoms. The number of hydrogen-bond acceptors (Lipinski definition) is 5. The van der Waals surface area contributed by atoms with Gasteiger partial charge in [-0.1, -0.05) is 20.3 Å². The summed E-state index contributed by atoms with van der Waals surface area (Å²) in [5.74, 6) is 1.31. The average molecular weight is 239 g/mol. The SMILES string of the molecule is CCc1nnc(CN[C@@H]2CCC[C@]2(C)CO)o1. The maximum Gasteiger partial charge on any atom is 0.230 e. The molecule has 2 atom stereocenters. The molecule has 96 valence electrons. The van der Waals surface area contributed by atoms with Gasteiger partial charge in [0.1, 0.15) is 0 Å². The van der Waals surface area contributed by atoms with E-state index in [1.165, 1.54) is 6.42 Å². The fraction of sp³-hybridized carbons (Fsp3) is 0.833. The zero-order valence-corrected chi connectivity index (χ0v) is 10.6. The predicted octanol–water partition coefficient (Wildman–Crippen LogP) is 1.27. The molecular weight excluding hydrogens is 218 g/mol. The second-order valence-electron chi connectivity index (χ2n) is 5.08. The van der Waals surface area contributed by atoms with Crippen LogP contribution in [-0.2, 0) is 13.0 Å². The Hall–Kier alpha value is -0.940. The molecule has 1 aliphatic rings. The van der Waals surface area contributed by atoms with Gasteiger partial charge < -0.3 is 14.8 Å². The maximum atomic E-state index is 9.44. The second-order valence-corrected chi connectivity index (χ2v) is 5.08. The molecule has 0 aliphatic heterocycles. The minimum Gasteiger partial charge on any atom is -0.424 e. The summed E-state index contributed by atoms with van der Waals surface area (Å²) in [4.78, 5) is 0. The average Bonchev–Trinajstić information content (AvgIpc) is 2.94. The highest BCUT2D eigenvalue weighted by atomic mass is 16.4. The van der Waals surface area contributed by atoms with E-state index in [2.05, 4.69) is 22.4 Å². The van der Waals surface area contributed by atoms with Crippen LogP contribution in [-0.4, -0.2) is 28.0 Å². The van der Waals surface area contributed by atoms with Gasteiger partial charge in [0.15, 0.2) is 0 Å². The normalized spacial score (nSPS) is 28.8. The summed E-state index contributed by atoms with van der Waals surface area (Å²) >= 11 is 0. The van der Waals surface area contributed by atoms with Crippen molar-refractivity contribution in [3.05, 3.63) is 11.8 Å². The Morgan fingerprint density at radius 3 is 2.88 bits per heavy atom. The van der Waals surface area contributed by atoms with Crippen LogP contribution in [0.3, 0.4) is 0 Å². The molecular formula is C12H21N3O2. The van der Waals surface area contributed by atoms with Crippen molar-refractivity contribution in [2.75, 3.05) is 6.61 Å². The van der Waals surface area contributed by atoms with E-state index in [4.69, 9.17) is 4.42 Å². The van der Waals surface area contributed by atoms with Crippen molar-refractivity contribution in [1.29, 1.82) is 0 Å². The van der Waals surface area contributed by atoms with Gasteiger partial charge in [-0.15, -0.1) is 10.2 Å². The molecule has 2 N–H and O–H groups in total.